The largest absolute Gasteiger partial charge is 0.397 e. The van der Waals surface area contributed by atoms with Crippen molar-refractivity contribution in [2.45, 2.75) is 38.1 Å². The van der Waals surface area contributed by atoms with E-state index in [2.05, 4.69) is 6.58 Å². The van der Waals surface area contributed by atoms with Crippen LogP contribution in [0.1, 0.15) is 32.1 Å². The van der Waals surface area contributed by atoms with Crippen LogP contribution < -0.4 is 0 Å². The summed E-state index contributed by atoms with van der Waals surface area (Å²) in [5.41, 5.74) is 0. The second-order valence-corrected chi connectivity index (χ2v) is 5.08. The summed E-state index contributed by atoms with van der Waals surface area (Å²) in [5.74, 6) is 0. The van der Waals surface area contributed by atoms with Gasteiger partial charge < -0.3 is 8.85 Å². The van der Waals surface area contributed by atoms with Gasteiger partial charge in [0, 0.05) is 14.2 Å². The van der Waals surface area contributed by atoms with Crippen LogP contribution in [0.4, 0.5) is 0 Å². The highest BCUT2D eigenvalue weighted by Gasteiger charge is 2.10. The molecule has 77 valence electrons. The SMILES string of the molecule is C=CCCCCCC[Si](OC)OC. The second-order valence-electron chi connectivity index (χ2n) is 3.02. The molecule has 13 heavy (non-hydrogen) atoms. The zero-order chi connectivity index (χ0) is 9.94. The topological polar surface area (TPSA) is 18.5 Å². The molecule has 0 fully saturated rings. The van der Waals surface area contributed by atoms with Crippen LogP contribution in [0.2, 0.25) is 6.04 Å². The predicted octanol–water partition coefficient (Wildman–Crippen LogP) is 2.90. The summed E-state index contributed by atoms with van der Waals surface area (Å²) in [4.78, 5) is 0. The molecule has 0 aromatic rings. The Bertz CT molecular complexity index is 113. The van der Waals surface area contributed by atoms with Crippen LogP contribution in [-0.2, 0) is 8.85 Å². The van der Waals surface area contributed by atoms with Gasteiger partial charge in [0.25, 0.3) is 0 Å². The van der Waals surface area contributed by atoms with Crippen LogP contribution in [0, 0.1) is 0 Å². The molecule has 0 aromatic carbocycles. The zero-order valence-electron chi connectivity index (χ0n) is 8.84. The Morgan fingerprint density at radius 3 is 2.23 bits per heavy atom. The first kappa shape index (κ1) is 12.9. The standard InChI is InChI=1S/C10H21O2Si/c1-4-5-6-7-8-9-10-13(11-2)12-3/h4H,1,5-10H2,2-3H3. The van der Waals surface area contributed by atoms with Gasteiger partial charge in [0.05, 0.1) is 0 Å². The van der Waals surface area contributed by atoms with Crippen molar-refractivity contribution in [3.05, 3.63) is 12.7 Å². The van der Waals surface area contributed by atoms with Crippen LogP contribution in [0.15, 0.2) is 12.7 Å². The van der Waals surface area contributed by atoms with E-state index in [1.165, 1.54) is 25.7 Å². The lowest BCUT2D eigenvalue weighted by Gasteiger charge is -2.08. The quantitative estimate of drug-likeness (QED) is 0.324. The Balaban J connectivity index is 3.09. The highest BCUT2D eigenvalue weighted by molar-refractivity contribution is 6.44. The maximum Gasteiger partial charge on any atom is 0.384 e. The van der Waals surface area contributed by atoms with Crippen LogP contribution in [0.5, 0.6) is 0 Å². The molecule has 0 aromatic heterocycles. The molecule has 1 radical (unpaired) electrons. The van der Waals surface area contributed by atoms with Gasteiger partial charge in [-0.3, -0.25) is 0 Å². The maximum absolute atomic E-state index is 5.19. The van der Waals surface area contributed by atoms with Gasteiger partial charge in [0.1, 0.15) is 0 Å². The number of allylic oxidation sites excluding steroid dienone is 1. The lowest BCUT2D eigenvalue weighted by Crippen LogP contribution is -2.18. The molecule has 0 rings (SSSR count). The van der Waals surface area contributed by atoms with Gasteiger partial charge in [-0.05, 0) is 18.9 Å². The fraction of sp³-hybridized carbons (Fsp3) is 0.800. The van der Waals surface area contributed by atoms with Crippen molar-refractivity contribution in [3.8, 4) is 0 Å². The molecule has 0 amide bonds. The lowest BCUT2D eigenvalue weighted by atomic mass is 10.1. The molecular formula is C10H21O2Si. The van der Waals surface area contributed by atoms with Crippen molar-refractivity contribution in [1.29, 1.82) is 0 Å². The predicted molar refractivity (Wildman–Crippen MR) is 57.9 cm³/mol. The van der Waals surface area contributed by atoms with E-state index in [0.29, 0.717) is 0 Å². The first-order valence-electron chi connectivity index (χ1n) is 4.89. The fourth-order valence-electron chi connectivity index (χ4n) is 1.20. The minimum Gasteiger partial charge on any atom is -0.397 e. The van der Waals surface area contributed by atoms with Crippen LogP contribution >= 0.6 is 0 Å². The van der Waals surface area contributed by atoms with Gasteiger partial charge in [-0.1, -0.05) is 25.3 Å². The van der Waals surface area contributed by atoms with Gasteiger partial charge in [0.2, 0.25) is 0 Å². The monoisotopic (exact) mass is 201 g/mol. The highest BCUT2D eigenvalue weighted by atomic mass is 28.3. The van der Waals surface area contributed by atoms with Crippen molar-refractivity contribution in [1.82, 2.24) is 0 Å². The Labute approximate surface area is 83.8 Å². The zero-order valence-corrected chi connectivity index (χ0v) is 9.84. The van der Waals surface area contributed by atoms with Crippen molar-refractivity contribution >= 4 is 9.28 Å². The molecule has 0 saturated carbocycles. The molecule has 3 heteroatoms. The van der Waals surface area contributed by atoms with Crippen molar-refractivity contribution in [2.24, 2.45) is 0 Å². The molecule has 0 heterocycles. The minimum atomic E-state index is -0.936. The fourth-order valence-corrected chi connectivity index (χ4v) is 2.31. The molecule has 0 unspecified atom stereocenters. The summed E-state index contributed by atoms with van der Waals surface area (Å²) in [5, 5.41) is 0. The van der Waals surface area contributed by atoms with E-state index in [1.54, 1.807) is 14.2 Å². The minimum absolute atomic E-state index is 0.936. The Morgan fingerprint density at radius 1 is 1.08 bits per heavy atom. The average Bonchev–Trinajstić information content (AvgIpc) is 2.17. The lowest BCUT2D eigenvalue weighted by molar-refractivity contribution is 0.276. The Kier molecular flexibility index (Phi) is 9.87. The molecule has 0 atom stereocenters. The average molecular weight is 201 g/mol. The smallest absolute Gasteiger partial charge is 0.384 e. The molecular weight excluding hydrogens is 180 g/mol. The number of hydrogen-bond donors (Lipinski definition) is 0. The van der Waals surface area contributed by atoms with Gasteiger partial charge in [0.15, 0.2) is 0 Å². The van der Waals surface area contributed by atoms with E-state index in [4.69, 9.17) is 8.85 Å². The van der Waals surface area contributed by atoms with E-state index in [1.807, 2.05) is 6.08 Å². The summed E-state index contributed by atoms with van der Waals surface area (Å²) in [7, 11) is 2.53. The molecule has 0 bridgehead atoms. The van der Waals surface area contributed by atoms with Gasteiger partial charge in [-0.15, -0.1) is 6.58 Å². The third-order valence-corrected chi connectivity index (χ3v) is 3.67. The number of rotatable bonds is 9. The van der Waals surface area contributed by atoms with Crippen molar-refractivity contribution < 1.29 is 8.85 Å². The van der Waals surface area contributed by atoms with E-state index < -0.39 is 9.28 Å². The van der Waals surface area contributed by atoms with Crippen LogP contribution in [0.25, 0.3) is 0 Å². The molecule has 0 aliphatic heterocycles. The van der Waals surface area contributed by atoms with Gasteiger partial charge in [-0.2, -0.15) is 0 Å². The van der Waals surface area contributed by atoms with E-state index in [9.17, 15) is 0 Å². The maximum atomic E-state index is 5.19. The van der Waals surface area contributed by atoms with Gasteiger partial charge in [-0.25, -0.2) is 0 Å². The molecule has 2 nitrogen and oxygen atoms in total. The second kappa shape index (κ2) is 9.96. The first-order valence-corrected chi connectivity index (χ1v) is 6.42. The summed E-state index contributed by atoms with van der Waals surface area (Å²) in [6, 6.07) is 1.10. The third kappa shape index (κ3) is 8.21. The molecule has 0 saturated heterocycles. The van der Waals surface area contributed by atoms with Crippen molar-refractivity contribution in [3.63, 3.8) is 0 Å². The summed E-state index contributed by atoms with van der Waals surface area (Å²) < 4.78 is 10.4. The molecule has 0 aliphatic carbocycles. The molecule has 0 aliphatic rings. The summed E-state index contributed by atoms with van der Waals surface area (Å²) in [6.45, 7) is 3.70. The summed E-state index contributed by atoms with van der Waals surface area (Å²) >= 11 is 0. The first-order chi connectivity index (χ1) is 6.35. The molecule has 0 spiro atoms. The van der Waals surface area contributed by atoms with Crippen molar-refractivity contribution in [2.75, 3.05) is 14.2 Å². The van der Waals surface area contributed by atoms with Gasteiger partial charge >= 0.3 is 9.28 Å². The van der Waals surface area contributed by atoms with E-state index >= 15 is 0 Å². The van der Waals surface area contributed by atoms with Crippen LogP contribution in [0.3, 0.4) is 0 Å². The highest BCUT2D eigenvalue weighted by Crippen LogP contribution is 2.08. The Morgan fingerprint density at radius 2 is 1.69 bits per heavy atom. The Hall–Kier alpha value is -0.123. The van der Waals surface area contributed by atoms with Crippen LogP contribution in [-0.4, -0.2) is 23.5 Å². The van der Waals surface area contributed by atoms with E-state index in [0.717, 1.165) is 12.5 Å². The van der Waals surface area contributed by atoms with E-state index in [-0.39, 0.29) is 0 Å². The summed E-state index contributed by atoms with van der Waals surface area (Å²) in [6.07, 6.45) is 8.22. The third-order valence-electron chi connectivity index (χ3n) is 1.99. The molecule has 0 N–H and O–H groups in total. The normalized spacial score (nSPS) is 10.7. The number of unbranched alkanes of at least 4 members (excludes halogenated alkanes) is 4. The number of hydrogen-bond acceptors (Lipinski definition) is 2.